The zero-order valence-electron chi connectivity index (χ0n) is 9.69. The SMILES string of the molecule is C[NH2+]CCOc1ccccc1OC(C)C. The lowest BCUT2D eigenvalue weighted by Crippen LogP contribution is -2.80. The van der Waals surface area contributed by atoms with Crippen molar-refractivity contribution in [1.29, 1.82) is 0 Å². The molecule has 0 aliphatic carbocycles. The highest BCUT2D eigenvalue weighted by Crippen LogP contribution is 2.26. The zero-order chi connectivity index (χ0) is 11.1. The summed E-state index contributed by atoms with van der Waals surface area (Å²) >= 11 is 0. The van der Waals surface area contributed by atoms with Gasteiger partial charge in [-0.2, -0.15) is 0 Å². The summed E-state index contributed by atoms with van der Waals surface area (Å²) in [5.41, 5.74) is 0. The molecule has 3 nitrogen and oxygen atoms in total. The fraction of sp³-hybridized carbons (Fsp3) is 0.500. The summed E-state index contributed by atoms with van der Waals surface area (Å²) in [6.45, 7) is 5.68. The van der Waals surface area contributed by atoms with E-state index in [0.29, 0.717) is 6.61 Å². The quantitative estimate of drug-likeness (QED) is 0.712. The van der Waals surface area contributed by atoms with E-state index in [2.05, 4.69) is 5.32 Å². The minimum absolute atomic E-state index is 0.174. The van der Waals surface area contributed by atoms with Crippen LogP contribution in [0.5, 0.6) is 11.5 Å². The highest BCUT2D eigenvalue weighted by atomic mass is 16.5. The first kappa shape index (κ1) is 11.9. The molecule has 0 atom stereocenters. The maximum atomic E-state index is 5.64. The van der Waals surface area contributed by atoms with Crippen LogP contribution in [0.15, 0.2) is 24.3 Å². The third kappa shape index (κ3) is 4.21. The van der Waals surface area contributed by atoms with Crippen LogP contribution >= 0.6 is 0 Å². The smallest absolute Gasteiger partial charge is 0.161 e. The Hall–Kier alpha value is -1.22. The largest absolute Gasteiger partial charge is 0.487 e. The van der Waals surface area contributed by atoms with Crippen LogP contribution in [0.2, 0.25) is 0 Å². The van der Waals surface area contributed by atoms with Crippen LogP contribution in [0, 0.1) is 0 Å². The molecule has 3 heteroatoms. The van der Waals surface area contributed by atoms with Gasteiger partial charge in [0.05, 0.1) is 13.2 Å². The standard InChI is InChI=1S/C12H19NO2/c1-10(2)15-12-7-5-4-6-11(12)14-9-8-13-3/h4-7,10,13H,8-9H2,1-3H3/p+1. The van der Waals surface area contributed by atoms with Gasteiger partial charge in [0.15, 0.2) is 11.5 Å². The second-order valence-electron chi connectivity index (χ2n) is 3.66. The van der Waals surface area contributed by atoms with E-state index in [1.54, 1.807) is 0 Å². The molecule has 1 aromatic rings. The molecular weight excluding hydrogens is 190 g/mol. The molecule has 0 radical (unpaired) electrons. The first-order valence-corrected chi connectivity index (χ1v) is 5.40. The molecule has 1 aromatic carbocycles. The Morgan fingerprint density at radius 2 is 1.87 bits per heavy atom. The van der Waals surface area contributed by atoms with Crippen molar-refractivity contribution in [2.45, 2.75) is 20.0 Å². The van der Waals surface area contributed by atoms with Crippen molar-refractivity contribution >= 4 is 0 Å². The number of benzene rings is 1. The Morgan fingerprint density at radius 1 is 1.20 bits per heavy atom. The van der Waals surface area contributed by atoms with Crippen molar-refractivity contribution in [3.8, 4) is 11.5 Å². The Bertz CT molecular complexity index is 287. The molecule has 0 bridgehead atoms. The monoisotopic (exact) mass is 210 g/mol. The molecule has 1 rings (SSSR count). The number of hydrogen-bond acceptors (Lipinski definition) is 2. The highest BCUT2D eigenvalue weighted by Gasteiger charge is 2.05. The molecule has 84 valence electrons. The lowest BCUT2D eigenvalue weighted by molar-refractivity contribution is -0.627. The van der Waals surface area contributed by atoms with E-state index in [9.17, 15) is 0 Å². The van der Waals surface area contributed by atoms with Crippen molar-refractivity contribution in [1.82, 2.24) is 0 Å². The lowest BCUT2D eigenvalue weighted by Gasteiger charge is -2.14. The minimum Gasteiger partial charge on any atom is -0.487 e. The first-order valence-electron chi connectivity index (χ1n) is 5.40. The second kappa shape index (κ2) is 6.30. The van der Waals surface area contributed by atoms with Crippen LogP contribution < -0.4 is 14.8 Å². The van der Waals surface area contributed by atoms with E-state index in [1.807, 2.05) is 45.2 Å². The molecule has 0 aliphatic heterocycles. The van der Waals surface area contributed by atoms with Crippen LogP contribution in [0.1, 0.15) is 13.8 Å². The van der Waals surface area contributed by atoms with Gasteiger partial charge in [0.1, 0.15) is 13.2 Å². The van der Waals surface area contributed by atoms with E-state index in [0.717, 1.165) is 18.0 Å². The van der Waals surface area contributed by atoms with Crippen LogP contribution in [0.4, 0.5) is 0 Å². The van der Waals surface area contributed by atoms with E-state index >= 15 is 0 Å². The summed E-state index contributed by atoms with van der Waals surface area (Å²) in [5.74, 6) is 1.65. The average Bonchev–Trinajstić information content (AvgIpc) is 2.20. The highest BCUT2D eigenvalue weighted by molar-refractivity contribution is 5.39. The number of para-hydroxylation sites is 2. The maximum Gasteiger partial charge on any atom is 0.161 e. The van der Waals surface area contributed by atoms with E-state index in [-0.39, 0.29) is 6.10 Å². The van der Waals surface area contributed by atoms with Gasteiger partial charge >= 0.3 is 0 Å². The van der Waals surface area contributed by atoms with Crippen molar-refractivity contribution in [2.24, 2.45) is 0 Å². The van der Waals surface area contributed by atoms with Gasteiger partial charge in [-0.3, -0.25) is 0 Å². The fourth-order valence-electron chi connectivity index (χ4n) is 1.21. The van der Waals surface area contributed by atoms with E-state index in [1.165, 1.54) is 0 Å². The fourth-order valence-corrected chi connectivity index (χ4v) is 1.21. The maximum absolute atomic E-state index is 5.64. The summed E-state index contributed by atoms with van der Waals surface area (Å²) in [4.78, 5) is 0. The van der Waals surface area contributed by atoms with E-state index in [4.69, 9.17) is 9.47 Å². The van der Waals surface area contributed by atoms with Gasteiger partial charge in [0.25, 0.3) is 0 Å². The summed E-state index contributed by atoms with van der Waals surface area (Å²) in [7, 11) is 2.03. The molecule has 0 heterocycles. The number of hydrogen-bond donors (Lipinski definition) is 1. The summed E-state index contributed by atoms with van der Waals surface area (Å²) in [6, 6.07) is 7.78. The third-order valence-corrected chi connectivity index (χ3v) is 1.88. The number of rotatable bonds is 6. The average molecular weight is 210 g/mol. The first-order chi connectivity index (χ1) is 7.24. The molecule has 0 fully saturated rings. The zero-order valence-corrected chi connectivity index (χ0v) is 9.69. The molecule has 0 spiro atoms. The van der Waals surface area contributed by atoms with Gasteiger partial charge in [-0.25, -0.2) is 0 Å². The van der Waals surface area contributed by atoms with Crippen molar-refractivity contribution in [2.75, 3.05) is 20.2 Å². The topological polar surface area (TPSA) is 35.1 Å². The molecule has 15 heavy (non-hydrogen) atoms. The molecule has 2 N–H and O–H groups in total. The molecule has 0 amide bonds. The van der Waals surface area contributed by atoms with Crippen molar-refractivity contribution < 1.29 is 14.8 Å². The number of likely N-dealkylation sites (N-methyl/N-ethyl adjacent to an activating group) is 1. The van der Waals surface area contributed by atoms with Gasteiger partial charge in [-0.05, 0) is 26.0 Å². The van der Waals surface area contributed by atoms with Crippen LogP contribution in [-0.4, -0.2) is 26.3 Å². The van der Waals surface area contributed by atoms with Crippen LogP contribution in [0.25, 0.3) is 0 Å². The number of ether oxygens (including phenoxy) is 2. The van der Waals surface area contributed by atoms with Gasteiger partial charge in [0, 0.05) is 0 Å². The number of nitrogens with two attached hydrogens (primary N) is 1. The third-order valence-electron chi connectivity index (χ3n) is 1.88. The molecule has 0 unspecified atom stereocenters. The molecular formula is C12H20NO2+. The van der Waals surface area contributed by atoms with Gasteiger partial charge in [-0.15, -0.1) is 0 Å². The van der Waals surface area contributed by atoms with Gasteiger partial charge < -0.3 is 14.8 Å². The molecule has 0 saturated carbocycles. The van der Waals surface area contributed by atoms with Crippen molar-refractivity contribution in [3.63, 3.8) is 0 Å². The summed E-state index contributed by atoms with van der Waals surface area (Å²) in [5, 5.41) is 2.09. The predicted octanol–water partition coefficient (Wildman–Crippen LogP) is 1.05. The van der Waals surface area contributed by atoms with Gasteiger partial charge in [-0.1, -0.05) is 12.1 Å². The van der Waals surface area contributed by atoms with Crippen LogP contribution in [-0.2, 0) is 0 Å². The van der Waals surface area contributed by atoms with Crippen LogP contribution in [0.3, 0.4) is 0 Å². The molecule has 0 aliphatic rings. The van der Waals surface area contributed by atoms with Crippen molar-refractivity contribution in [3.05, 3.63) is 24.3 Å². The summed E-state index contributed by atoms with van der Waals surface area (Å²) < 4.78 is 11.3. The number of quaternary nitrogens is 1. The Labute approximate surface area is 91.4 Å². The lowest BCUT2D eigenvalue weighted by atomic mass is 10.3. The molecule has 0 saturated heterocycles. The second-order valence-corrected chi connectivity index (χ2v) is 3.66. The van der Waals surface area contributed by atoms with E-state index < -0.39 is 0 Å². The predicted molar refractivity (Wildman–Crippen MR) is 60.4 cm³/mol. The van der Waals surface area contributed by atoms with Gasteiger partial charge in [0.2, 0.25) is 0 Å². The normalized spacial score (nSPS) is 10.4. The Kier molecular flexibility index (Phi) is 4.98. The minimum atomic E-state index is 0.174. The Morgan fingerprint density at radius 3 is 2.47 bits per heavy atom. The molecule has 0 aromatic heterocycles. The summed E-state index contributed by atoms with van der Waals surface area (Å²) in [6.07, 6.45) is 0.174. The Balaban J connectivity index is 2.60.